The molecule has 1 heterocycles. The maximum absolute atomic E-state index is 14.0. The lowest BCUT2D eigenvalue weighted by molar-refractivity contribution is -0.148. The molecule has 10 heteroatoms. The third-order valence-corrected chi connectivity index (χ3v) is 7.25. The first-order valence-corrected chi connectivity index (χ1v) is 13.5. The van der Waals surface area contributed by atoms with E-state index in [9.17, 15) is 18.0 Å². The van der Waals surface area contributed by atoms with Crippen LogP contribution in [0.4, 0.5) is 5.69 Å². The Morgan fingerprint density at radius 2 is 1.74 bits per heavy atom. The van der Waals surface area contributed by atoms with E-state index in [0.717, 1.165) is 4.31 Å². The molecule has 39 heavy (non-hydrogen) atoms. The number of methoxy groups -OCH3 is 2. The molecule has 0 aliphatic rings. The molecule has 2 aromatic carbocycles. The highest BCUT2D eigenvalue weighted by Gasteiger charge is 2.31. The number of sulfonamides is 1. The number of benzene rings is 2. The summed E-state index contributed by atoms with van der Waals surface area (Å²) in [6.07, 6.45) is 5.90. The average Bonchev–Trinajstić information content (AvgIpc) is 2.89. The monoisotopic (exact) mass is 552 g/mol. The van der Waals surface area contributed by atoms with Gasteiger partial charge in [0.15, 0.2) is 0 Å². The minimum atomic E-state index is -4.17. The van der Waals surface area contributed by atoms with Gasteiger partial charge < -0.3 is 14.2 Å². The third-order valence-electron chi connectivity index (χ3n) is 5.49. The zero-order chi connectivity index (χ0) is 28.8. The van der Waals surface area contributed by atoms with Crippen LogP contribution < -0.4 is 9.04 Å². The maximum atomic E-state index is 14.0. The van der Waals surface area contributed by atoms with Crippen LogP contribution in [0.3, 0.4) is 0 Å². The summed E-state index contributed by atoms with van der Waals surface area (Å²) in [7, 11) is -1.47. The fourth-order valence-electron chi connectivity index (χ4n) is 3.82. The Hall–Kier alpha value is -4.18. The summed E-state index contributed by atoms with van der Waals surface area (Å²) in [5, 5.41) is 0. The fourth-order valence-corrected chi connectivity index (χ4v) is 5.35. The van der Waals surface area contributed by atoms with Crippen LogP contribution in [0.25, 0.3) is 6.08 Å². The minimum absolute atomic E-state index is 0.0105. The summed E-state index contributed by atoms with van der Waals surface area (Å²) in [5.41, 5.74) is 1.08. The molecule has 9 nitrogen and oxygen atoms in total. The van der Waals surface area contributed by atoms with Gasteiger partial charge in [0.2, 0.25) is 0 Å². The number of aromatic nitrogens is 1. The number of nitrogens with zero attached hydrogens (tertiary/aromatic N) is 2. The molecule has 3 rings (SSSR count). The Morgan fingerprint density at radius 3 is 2.31 bits per heavy atom. The molecule has 0 N–H and O–H groups in total. The van der Waals surface area contributed by atoms with Crippen molar-refractivity contribution in [2.75, 3.05) is 18.5 Å². The van der Waals surface area contributed by atoms with Gasteiger partial charge in [-0.1, -0.05) is 6.07 Å². The van der Waals surface area contributed by atoms with E-state index in [1.807, 2.05) is 0 Å². The molecule has 0 saturated heterocycles. The van der Waals surface area contributed by atoms with Gasteiger partial charge in [0.05, 0.1) is 36.9 Å². The summed E-state index contributed by atoms with van der Waals surface area (Å²) in [6, 6.07) is 12.6. The number of hydrogen-bond acceptors (Lipinski definition) is 8. The van der Waals surface area contributed by atoms with Crippen LogP contribution >= 0.6 is 0 Å². The number of esters is 2. The van der Waals surface area contributed by atoms with Crippen molar-refractivity contribution in [3.05, 3.63) is 89.3 Å². The van der Waals surface area contributed by atoms with Crippen LogP contribution in [0.15, 0.2) is 71.9 Å². The van der Waals surface area contributed by atoms with Gasteiger partial charge in [-0.05, 0) is 92.9 Å². The van der Waals surface area contributed by atoms with E-state index in [2.05, 4.69) is 4.98 Å². The van der Waals surface area contributed by atoms with Crippen LogP contribution in [0.2, 0.25) is 0 Å². The molecule has 0 unspecified atom stereocenters. The zero-order valence-corrected chi connectivity index (χ0v) is 23.6. The summed E-state index contributed by atoms with van der Waals surface area (Å²) in [6.45, 7) is 6.86. The largest absolute Gasteiger partial charge is 0.497 e. The van der Waals surface area contributed by atoms with E-state index >= 15 is 0 Å². The van der Waals surface area contributed by atoms with Crippen molar-refractivity contribution in [2.24, 2.45) is 0 Å². The molecule has 3 aromatic rings. The number of aryl methyl sites for hydroxylation is 1. The topological polar surface area (TPSA) is 112 Å². The second-order valence-electron chi connectivity index (χ2n) is 9.64. The smallest absolute Gasteiger partial charge is 0.340 e. The summed E-state index contributed by atoms with van der Waals surface area (Å²) >= 11 is 0. The first-order chi connectivity index (χ1) is 18.4. The Balaban J connectivity index is 2.18. The zero-order valence-electron chi connectivity index (χ0n) is 22.8. The van der Waals surface area contributed by atoms with Crippen molar-refractivity contribution in [2.45, 2.75) is 44.7 Å². The van der Waals surface area contributed by atoms with Crippen LogP contribution in [0.1, 0.15) is 47.8 Å². The minimum Gasteiger partial charge on any atom is -0.497 e. The average molecular weight is 553 g/mol. The first-order valence-electron chi connectivity index (χ1n) is 12.1. The van der Waals surface area contributed by atoms with Crippen LogP contribution in [-0.2, 0) is 30.8 Å². The highest BCUT2D eigenvalue weighted by molar-refractivity contribution is 7.92. The molecule has 0 spiro atoms. The lowest BCUT2D eigenvalue weighted by Crippen LogP contribution is -2.33. The molecule has 0 fully saturated rings. The molecule has 0 aliphatic carbocycles. The number of pyridine rings is 1. The van der Waals surface area contributed by atoms with Crippen molar-refractivity contribution in [1.29, 1.82) is 0 Å². The normalized spacial score (nSPS) is 11.7. The van der Waals surface area contributed by atoms with Gasteiger partial charge in [-0.15, -0.1) is 0 Å². The van der Waals surface area contributed by atoms with Crippen LogP contribution in [0.5, 0.6) is 5.75 Å². The van der Waals surface area contributed by atoms with Gasteiger partial charge in [0.25, 0.3) is 10.0 Å². The molecule has 0 aliphatic heterocycles. The molecule has 1 aromatic heterocycles. The van der Waals surface area contributed by atoms with Crippen molar-refractivity contribution in [3.8, 4) is 5.75 Å². The van der Waals surface area contributed by atoms with E-state index < -0.39 is 27.6 Å². The second kappa shape index (κ2) is 12.1. The SMILES string of the molecule is COC(=O)c1cc(/C=C/C(=O)OC(C)(C)C)cc(C)c1N(Cc1cccnc1)S(=O)(=O)c1ccc(OC)cc1. The molecule has 0 radical (unpaired) electrons. The lowest BCUT2D eigenvalue weighted by atomic mass is 10.0. The van der Waals surface area contributed by atoms with E-state index in [1.54, 1.807) is 70.4 Å². The van der Waals surface area contributed by atoms with Gasteiger partial charge in [-0.2, -0.15) is 0 Å². The standard InChI is InChI=1S/C29H32N2O7S/c1-20-16-21(9-14-26(32)38-29(2,3)4)17-25(28(33)37-6)27(20)31(19-22-8-7-15-30-18-22)39(34,35)24-12-10-23(36-5)11-13-24/h7-18H,19H2,1-6H3/b14-9+. The fraction of sp³-hybridized carbons (Fsp3) is 0.276. The summed E-state index contributed by atoms with van der Waals surface area (Å²) in [4.78, 5) is 29.3. The molecule has 0 saturated carbocycles. The maximum Gasteiger partial charge on any atom is 0.340 e. The highest BCUT2D eigenvalue weighted by atomic mass is 32.2. The third kappa shape index (κ3) is 7.44. The number of anilines is 1. The van der Waals surface area contributed by atoms with E-state index in [-0.39, 0.29) is 22.7 Å². The number of rotatable bonds is 9. The summed E-state index contributed by atoms with van der Waals surface area (Å²) < 4.78 is 44.7. The number of ether oxygens (including phenoxy) is 3. The first kappa shape index (κ1) is 29.4. The second-order valence-corrected chi connectivity index (χ2v) is 11.5. The van der Waals surface area contributed by atoms with Crippen molar-refractivity contribution >= 4 is 33.7 Å². The quantitative estimate of drug-likeness (QED) is 0.271. The van der Waals surface area contributed by atoms with Crippen LogP contribution in [-0.4, -0.2) is 45.2 Å². The Kier molecular flexibility index (Phi) is 9.13. The molecule has 206 valence electrons. The number of hydrogen-bond donors (Lipinski definition) is 0. The summed E-state index contributed by atoms with van der Waals surface area (Å²) in [5.74, 6) is -0.786. The lowest BCUT2D eigenvalue weighted by Gasteiger charge is -2.28. The van der Waals surface area contributed by atoms with Crippen LogP contribution in [0, 0.1) is 6.92 Å². The van der Waals surface area contributed by atoms with Crippen molar-refractivity contribution in [1.82, 2.24) is 4.98 Å². The Morgan fingerprint density at radius 1 is 1.05 bits per heavy atom. The molecular weight excluding hydrogens is 520 g/mol. The van der Waals surface area contributed by atoms with Crippen molar-refractivity contribution < 1.29 is 32.2 Å². The van der Waals surface area contributed by atoms with Gasteiger partial charge in [0, 0.05) is 18.5 Å². The molecular formula is C29H32N2O7S. The van der Waals surface area contributed by atoms with Crippen molar-refractivity contribution in [3.63, 3.8) is 0 Å². The van der Waals surface area contributed by atoms with Gasteiger partial charge in [-0.25, -0.2) is 18.0 Å². The Labute approximate surface area is 229 Å². The Bertz CT molecular complexity index is 1460. The number of carbonyl (C=O) groups is 2. The van der Waals surface area contributed by atoms with Gasteiger partial charge in [0.1, 0.15) is 11.4 Å². The highest BCUT2D eigenvalue weighted by Crippen LogP contribution is 2.34. The predicted octanol–water partition coefficient (Wildman–Crippen LogP) is 4.94. The van der Waals surface area contributed by atoms with E-state index in [0.29, 0.717) is 22.4 Å². The van der Waals surface area contributed by atoms with E-state index in [1.165, 1.54) is 44.6 Å². The van der Waals surface area contributed by atoms with Gasteiger partial charge in [-0.3, -0.25) is 9.29 Å². The number of carbonyl (C=O) groups excluding carboxylic acids is 2. The van der Waals surface area contributed by atoms with Gasteiger partial charge >= 0.3 is 11.9 Å². The predicted molar refractivity (Wildman–Crippen MR) is 148 cm³/mol. The molecule has 0 atom stereocenters. The van der Waals surface area contributed by atoms with E-state index in [4.69, 9.17) is 14.2 Å². The molecule has 0 amide bonds. The molecule has 0 bridgehead atoms.